The number of hydrogen-bond donors (Lipinski definition) is 5. The maximum atomic E-state index is 13.3. The Morgan fingerprint density at radius 1 is 0.354 bits per heavy atom. The van der Waals surface area contributed by atoms with Gasteiger partial charge in [-0.05, 0) is 194 Å². The average Bonchev–Trinajstić information content (AvgIpc) is 1.65. The molecule has 0 aliphatic heterocycles. The van der Waals surface area contributed by atoms with Crippen LogP contribution >= 0.6 is 34.0 Å². The number of nitrogens with one attached hydrogen (secondary N) is 5. The minimum absolute atomic E-state index is 0.153. The van der Waals surface area contributed by atoms with Gasteiger partial charge in [0.25, 0.3) is 29.5 Å². The van der Waals surface area contributed by atoms with Crippen molar-refractivity contribution in [1.82, 2.24) is 115 Å². The zero-order valence-electron chi connectivity index (χ0n) is 78.7. The van der Waals surface area contributed by atoms with Crippen molar-refractivity contribution in [3.05, 3.63) is 369 Å². The lowest BCUT2D eigenvalue weighted by Crippen LogP contribution is -2.28. The molecular weight excluding hydrogens is 2030 g/mol. The summed E-state index contributed by atoms with van der Waals surface area (Å²) >= 11 is 3.89. The average molecular weight is 2120 g/mol. The van der Waals surface area contributed by atoms with Gasteiger partial charge in [-0.25, -0.2) is 77.1 Å². The largest absolute Gasteiger partial charge is 0.347 e. The van der Waals surface area contributed by atoms with E-state index in [-0.39, 0.29) is 98.9 Å². The van der Waals surface area contributed by atoms with E-state index in [1.165, 1.54) is 120 Å². The number of halogens is 5. The third kappa shape index (κ3) is 24.5. The molecular formula is C101H86F5N23O11S7. The molecule has 34 nitrogen and oxygen atoms in total. The van der Waals surface area contributed by atoms with Crippen molar-refractivity contribution in [2.24, 2.45) is 0 Å². The molecule has 46 heteroatoms. The molecule has 5 aromatic carbocycles. The van der Waals surface area contributed by atoms with Crippen LogP contribution in [0.3, 0.4) is 0 Å². The van der Waals surface area contributed by atoms with E-state index in [1.54, 1.807) is 219 Å². The lowest BCUT2D eigenvalue weighted by molar-refractivity contribution is 0.0928. The van der Waals surface area contributed by atoms with E-state index < -0.39 is 41.3 Å². The zero-order chi connectivity index (χ0) is 104. The summed E-state index contributed by atoms with van der Waals surface area (Å²) in [6.45, 7) is 6.31. The number of hydrogen-bond acceptors (Lipinski definition) is 27. The number of amides is 5. The second-order valence-corrected chi connectivity index (χ2v) is 42.6. The number of rotatable bonds is 27. The Morgan fingerprint density at radius 2 is 0.660 bits per heavy atom. The summed E-state index contributed by atoms with van der Waals surface area (Å²) in [7, 11) is -8.96. The Kier molecular flexibility index (Phi) is 32.6. The lowest BCUT2D eigenvalue weighted by atomic mass is 10.1. The van der Waals surface area contributed by atoms with Crippen molar-refractivity contribution < 1.29 is 71.2 Å². The molecule has 0 aliphatic rings. The number of carbonyl (C=O) groups is 5. The van der Waals surface area contributed by atoms with Crippen LogP contribution in [0.4, 0.5) is 22.0 Å². The molecule has 15 heterocycles. The van der Waals surface area contributed by atoms with Crippen molar-refractivity contribution in [2.75, 3.05) is 25.0 Å². The molecule has 0 bridgehead atoms. The maximum absolute atomic E-state index is 13.3. The summed E-state index contributed by atoms with van der Waals surface area (Å²) in [6, 6.07) is 40.7. The topological polar surface area (TPSA) is 440 Å². The number of benzene rings is 5. The quantitative estimate of drug-likeness (QED) is 0.0298. The van der Waals surface area contributed by atoms with E-state index in [1.807, 2.05) is 26.2 Å². The smallest absolute Gasteiger partial charge is 0.254 e. The van der Waals surface area contributed by atoms with Crippen molar-refractivity contribution in [2.45, 2.75) is 90.4 Å². The standard InChI is InChI=1S/2C22H20FN5O2S.C19H16FN5OS.2C19H15FN4O3S2/c2*1-3-19(14-8-9-25-21(10-14)31(2)30)27-22(29)18-11-24-13-20-17(18)12-26-28(20)16-6-4-15(23)5-7-16;1-2-16(19-22-7-8-27-19)24-18(26)15-9-21-11-17-14(15)10-23-25(17)13-5-3-12(20)4-6-13;1-29(26,27)15-6-14(28-11-15)7-22-19(25)17-8-21-10-18-16(17)9-23-24(18)13-4-2-12(20)3-5-13;1-29(26,27)18-7-6-14(28-18)8-22-19(25)16-9-21-11-17-15(16)10-23-24(17)13-4-2-12(20)3-5-13/h2*4-13,19H,3H2,1-2H3,(H,27,29);3-11,16H,2H2,1H3,(H,24,26);2-6,8-11H,7H2,1H3,(H,22,25);2-7,9-11H,8H2,1H3,(H,22,25)/t19-,31+;19-,31-;16-;;/m000../s1. The lowest BCUT2D eigenvalue weighted by Gasteiger charge is -2.18. The van der Waals surface area contributed by atoms with Crippen LogP contribution in [0.25, 0.3) is 83.0 Å². The molecule has 0 aliphatic carbocycles. The third-order valence-corrected chi connectivity index (χ3v) is 30.4. The van der Waals surface area contributed by atoms with Crippen LogP contribution in [0.5, 0.6) is 0 Å². The van der Waals surface area contributed by atoms with Crippen molar-refractivity contribution >= 4 is 159 Å². The fourth-order valence-electron chi connectivity index (χ4n) is 15.3. The third-order valence-electron chi connectivity index (χ3n) is 22.8. The van der Waals surface area contributed by atoms with E-state index in [4.69, 9.17) is 0 Å². The first-order valence-electron chi connectivity index (χ1n) is 44.7. The van der Waals surface area contributed by atoms with Gasteiger partial charge in [-0.1, -0.05) is 20.8 Å². The summed E-state index contributed by atoms with van der Waals surface area (Å²) in [4.78, 5) is 99.5. The van der Waals surface area contributed by atoms with Gasteiger partial charge in [0.05, 0.1) is 204 Å². The second-order valence-electron chi connectivity index (χ2n) is 32.6. The van der Waals surface area contributed by atoms with Gasteiger partial charge < -0.3 is 26.6 Å². The van der Waals surface area contributed by atoms with E-state index in [0.29, 0.717) is 134 Å². The van der Waals surface area contributed by atoms with Gasteiger partial charge in [0.2, 0.25) is 0 Å². The number of pyridine rings is 7. The number of nitrogens with zero attached hydrogens (tertiary/aromatic N) is 18. The molecule has 0 spiro atoms. The Bertz CT molecular complexity index is 8130. The summed E-state index contributed by atoms with van der Waals surface area (Å²) in [6.07, 6.45) is 35.8. The number of fused-ring (bicyclic) bond motifs is 5. The molecule has 5 N–H and O–H groups in total. The normalized spacial score (nSPS) is 12.4. The number of thiophene rings is 2. The molecule has 147 heavy (non-hydrogen) atoms. The maximum Gasteiger partial charge on any atom is 0.254 e. The summed E-state index contributed by atoms with van der Waals surface area (Å²) in [5.41, 5.74) is 10.1. The molecule has 5 atom stereocenters. The second kappa shape index (κ2) is 46.2. The van der Waals surface area contributed by atoms with Crippen LogP contribution in [0, 0.1) is 29.1 Å². The molecule has 0 saturated heterocycles. The molecule has 15 aromatic heterocycles. The summed E-state index contributed by atoms with van der Waals surface area (Å²) < 4.78 is 144. The Hall–Kier alpha value is -16.3. The molecule has 0 fully saturated rings. The van der Waals surface area contributed by atoms with E-state index in [2.05, 4.69) is 91.9 Å². The van der Waals surface area contributed by atoms with E-state index in [9.17, 15) is 71.2 Å². The van der Waals surface area contributed by atoms with Gasteiger partial charge >= 0.3 is 0 Å². The van der Waals surface area contributed by atoms with Gasteiger partial charge in [0.1, 0.15) is 48.4 Å². The number of thiazole rings is 1. The van der Waals surface area contributed by atoms with Gasteiger partial charge in [-0.3, -0.25) is 57.3 Å². The number of carbonyl (C=O) groups excluding carboxylic acids is 5. The van der Waals surface area contributed by atoms with Crippen LogP contribution < -0.4 is 26.6 Å². The molecule has 20 aromatic rings. The number of aromatic nitrogens is 18. The van der Waals surface area contributed by atoms with Crippen LogP contribution in [-0.2, 0) is 54.4 Å². The molecule has 748 valence electrons. The minimum Gasteiger partial charge on any atom is -0.347 e. The van der Waals surface area contributed by atoms with Gasteiger partial charge in [0.15, 0.2) is 19.7 Å². The van der Waals surface area contributed by atoms with Crippen LogP contribution in [0.2, 0.25) is 0 Å². The van der Waals surface area contributed by atoms with Crippen LogP contribution in [0.1, 0.15) is 136 Å². The first-order chi connectivity index (χ1) is 70.8. The first kappa shape index (κ1) is 104. The highest BCUT2D eigenvalue weighted by Gasteiger charge is 2.27. The van der Waals surface area contributed by atoms with Crippen LogP contribution in [0.15, 0.2) is 305 Å². The predicted molar refractivity (Wildman–Crippen MR) is 548 cm³/mol. The molecule has 5 amide bonds. The minimum atomic E-state index is -3.27. The Balaban J connectivity index is 0.000000131. The van der Waals surface area contributed by atoms with Crippen molar-refractivity contribution in [3.63, 3.8) is 0 Å². The summed E-state index contributed by atoms with van der Waals surface area (Å²) in [5.74, 6) is -3.21. The molecule has 0 saturated carbocycles. The predicted octanol–water partition coefficient (Wildman–Crippen LogP) is 17.0. The van der Waals surface area contributed by atoms with Crippen LogP contribution in [-0.4, -0.2) is 169 Å². The highest BCUT2D eigenvalue weighted by atomic mass is 32.2. The highest BCUT2D eigenvalue weighted by molar-refractivity contribution is 7.92. The Labute approximate surface area is 852 Å². The SMILES string of the molecule is CC[C@H](NC(=O)c1cncc2c1cnn2-c1ccc(F)cc1)c1ccnc([S@@](C)=O)c1.CC[C@H](NC(=O)c1cncc2c1cnn2-c1ccc(F)cc1)c1ccnc([S@](C)=O)c1.CC[C@H](NC(=O)c1cncc2c1cnn2-c1ccc(F)cc1)c1nccs1.CS(=O)(=O)c1ccc(CNC(=O)c2cncc3c2cnn3-c2ccc(F)cc2)s1.CS(=O)(=O)c1csc(CNC(=O)c2cncc3c2cnn3-c2ccc(F)cc2)c1. The van der Waals surface area contributed by atoms with Gasteiger partial charge in [0, 0.05) is 122 Å². The van der Waals surface area contributed by atoms with Gasteiger partial charge in [-0.15, -0.1) is 34.0 Å². The zero-order valence-corrected chi connectivity index (χ0v) is 84.4. The fraction of sp³-hybridized carbons (Fsp3) is 0.149. The van der Waals surface area contributed by atoms with E-state index in [0.717, 1.165) is 56.2 Å². The molecule has 20 rings (SSSR count). The first-order valence-corrected chi connectivity index (χ1v) is 54.2. The molecule has 0 unspecified atom stereocenters. The number of sulfone groups is 2. The monoisotopic (exact) mass is 2120 g/mol. The van der Waals surface area contributed by atoms with E-state index >= 15 is 0 Å². The molecule has 0 radical (unpaired) electrons. The highest BCUT2D eigenvalue weighted by Crippen LogP contribution is 2.32. The fourth-order valence-corrected chi connectivity index (χ4v) is 20.9. The Morgan fingerprint density at radius 3 is 0.932 bits per heavy atom. The van der Waals surface area contributed by atoms with Crippen molar-refractivity contribution in [3.8, 4) is 28.4 Å². The van der Waals surface area contributed by atoms with Crippen molar-refractivity contribution in [1.29, 1.82) is 0 Å². The summed E-state index contributed by atoms with van der Waals surface area (Å²) in [5, 5.41) is 44.7. The van der Waals surface area contributed by atoms with Gasteiger partial charge in [-0.2, -0.15) is 25.5 Å².